The van der Waals surface area contributed by atoms with Crippen LogP contribution in [0.15, 0.2) is 28.9 Å². The van der Waals surface area contributed by atoms with E-state index in [0.29, 0.717) is 12.8 Å². The Bertz CT molecular complexity index is 473. The van der Waals surface area contributed by atoms with Crippen LogP contribution in [0.1, 0.15) is 12.2 Å². The molecule has 4 heteroatoms. The van der Waals surface area contributed by atoms with E-state index in [1.54, 1.807) is 0 Å². The Morgan fingerprint density at radius 2 is 2.20 bits per heavy atom. The maximum atomic E-state index is 8.73. The van der Waals surface area contributed by atoms with Crippen molar-refractivity contribution in [1.82, 2.24) is 9.97 Å². The lowest BCUT2D eigenvalue weighted by atomic mass is 10.2. The van der Waals surface area contributed by atoms with Crippen molar-refractivity contribution in [3.8, 4) is 0 Å². The molecule has 2 aromatic rings. The summed E-state index contributed by atoms with van der Waals surface area (Å²) < 4.78 is 0.979. The van der Waals surface area contributed by atoms with Crippen LogP contribution in [-0.2, 0) is 6.42 Å². The Morgan fingerprint density at radius 3 is 3.00 bits per heavy atom. The van der Waals surface area contributed by atoms with E-state index >= 15 is 0 Å². The maximum absolute atomic E-state index is 8.73. The zero-order valence-corrected chi connectivity index (χ0v) is 9.74. The van der Waals surface area contributed by atoms with E-state index in [1.165, 1.54) is 0 Å². The van der Waals surface area contributed by atoms with E-state index in [-0.39, 0.29) is 6.61 Å². The summed E-state index contributed by atoms with van der Waals surface area (Å²) in [4.78, 5) is 8.69. The Kier molecular flexibility index (Phi) is 3.28. The van der Waals surface area contributed by atoms with E-state index < -0.39 is 0 Å². The molecular weight excluding hydrogens is 256 g/mol. The number of para-hydroxylation sites is 1. The van der Waals surface area contributed by atoms with Crippen molar-refractivity contribution >= 4 is 26.8 Å². The summed E-state index contributed by atoms with van der Waals surface area (Å²) in [6, 6.07) is 5.91. The van der Waals surface area contributed by atoms with Gasteiger partial charge >= 0.3 is 0 Å². The summed E-state index contributed by atoms with van der Waals surface area (Å²) in [6.45, 7) is 0.178. The minimum Gasteiger partial charge on any atom is -0.396 e. The van der Waals surface area contributed by atoms with E-state index in [4.69, 9.17) is 5.11 Å². The van der Waals surface area contributed by atoms with Crippen LogP contribution in [0, 0.1) is 0 Å². The molecule has 0 radical (unpaired) electrons. The second-order valence-corrected chi connectivity index (χ2v) is 4.15. The van der Waals surface area contributed by atoms with E-state index in [0.717, 1.165) is 21.2 Å². The summed E-state index contributed by atoms with van der Waals surface area (Å²) >= 11 is 3.46. The number of aliphatic hydroxyl groups is 1. The monoisotopic (exact) mass is 266 g/mol. The smallest absolute Gasteiger partial charge is 0.129 e. The molecule has 0 aliphatic rings. The molecule has 0 bridgehead atoms. The molecule has 2 rings (SSSR count). The Labute approximate surface area is 96.3 Å². The summed E-state index contributed by atoms with van der Waals surface area (Å²) in [5.41, 5.74) is 0.931. The first-order valence-electron chi connectivity index (χ1n) is 4.82. The summed E-state index contributed by atoms with van der Waals surface area (Å²) in [5, 5.41) is 9.76. The number of rotatable bonds is 3. The van der Waals surface area contributed by atoms with Crippen LogP contribution in [0.4, 0.5) is 0 Å². The van der Waals surface area contributed by atoms with Crippen LogP contribution < -0.4 is 0 Å². The molecule has 0 atom stereocenters. The van der Waals surface area contributed by atoms with Gasteiger partial charge in [-0.15, -0.1) is 0 Å². The zero-order valence-electron chi connectivity index (χ0n) is 8.15. The average molecular weight is 267 g/mol. The fourth-order valence-electron chi connectivity index (χ4n) is 1.41. The fraction of sp³-hybridized carbons (Fsp3) is 0.273. The van der Waals surface area contributed by atoms with Gasteiger partial charge in [0.25, 0.3) is 0 Å². The fourth-order valence-corrected chi connectivity index (χ4v) is 1.88. The molecular formula is C11H11BrN2O. The van der Waals surface area contributed by atoms with Crippen LogP contribution in [0.25, 0.3) is 10.9 Å². The van der Waals surface area contributed by atoms with Crippen molar-refractivity contribution in [3.63, 3.8) is 0 Å². The molecule has 0 aliphatic heterocycles. The molecule has 78 valence electrons. The first-order valence-corrected chi connectivity index (χ1v) is 5.61. The number of hydrogen-bond acceptors (Lipinski definition) is 3. The number of benzene rings is 1. The normalized spacial score (nSPS) is 10.8. The van der Waals surface area contributed by atoms with Crippen LogP contribution in [0.5, 0.6) is 0 Å². The highest BCUT2D eigenvalue weighted by Crippen LogP contribution is 2.21. The van der Waals surface area contributed by atoms with Crippen LogP contribution in [-0.4, -0.2) is 21.7 Å². The predicted octanol–water partition coefficient (Wildman–Crippen LogP) is 2.32. The molecule has 3 nitrogen and oxygen atoms in total. The van der Waals surface area contributed by atoms with Crippen molar-refractivity contribution < 1.29 is 5.11 Å². The average Bonchev–Trinajstić information content (AvgIpc) is 2.27. The van der Waals surface area contributed by atoms with Crippen LogP contribution in [0.2, 0.25) is 0 Å². The third-order valence-electron chi connectivity index (χ3n) is 2.17. The number of aliphatic hydroxyl groups excluding tert-OH is 1. The van der Waals surface area contributed by atoms with Crippen molar-refractivity contribution in [2.75, 3.05) is 6.61 Å². The largest absolute Gasteiger partial charge is 0.396 e. The first kappa shape index (κ1) is 10.5. The van der Waals surface area contributed by atoms with Crippen molar-refractivity contribution in [3.05, 3.63) is 34.7 Å². The molecule has 0 spiro atoms. The number of hydrogen-bond donors (Lipinski definition) is 1. The van der Waals surface area contributed by atoms with Gasteiger partial charge < -0.3 is 5.11 Å². The highest BCUT2D eigenvalue weighted by Gasteiger charge is 2.02. The number of aryl methyl sites for hydroxylation is 1. The van der Waals surface area contributed by atoms with Gasteiger partial charge in [-0.25, -0.2) is 9.97 Å². The van der Waals surface area contributed by atoms with Crippen LogP contribution in [0.3, 0.4) is 0 Å². The lowest BCUT2D eigenvalue weighted by Crippen LogP contribution is -1.97. The van der Waals surface area contributed by atoms with Gasteiger partial charge in [0.05, 0.1) is 5.52 Å². The highest BCUT2D eigenvalue weighted by atomic mass is 79.9. The summed E-state index contributed by atoms with van der Waals surface area (Å²) in [5.74, 6) is 0.781. The van der Waals surface area contributed by atoms with Crippen molar-refractivity contribution in [2.24, 2.45) is 0 Å². The minimum absolute atomic E-state index is 0.178. The van der Waals surface area contributed by atoms with Gasteiger partial charge in [0, 0.05) is 29.1 Å². The molecule has 1 aromatic carbocycles. The standard InChI is InChI=1S/C11H11BrN2O/c12-9-4-1-3-8-7-13-10(5-2-6-15)14-11(8)9/h1,3-4,7,15H,2,5-6H2. The molecule has 0 fully saturated rings. The van der Waals surface area contributed by atoms with Crippen molar-refractivity contribution in [1.29, 1.82) is 0 Å². The van der Waals surface area contributed by atoms with Crippen LogP contribution >= 0.6 is 15.9 Å². The number of fused-ring (bicyclic) bond motifs is 1. The quantitative estimate of drug-likeness (QED) is 0.928. The second kappa shape index (κ2) is 4.68. The molecule has 0 saturated carbocycles. The maximum Gasteiger partial charge on any atom is 0.129 e. The lowest BCUT2D eigenvalue weighted by Gasteiger charge is -2.02. The summed E-state index contributed by atoms with van der Waals surface area (Å²) in [6.07, 6.45) is 3.24. The van der Waals surface area contributed by atoms with Gasteiger partial charge in [0.15, 0.2) is 0 Å². The molecule has 0 amide bonds. The molecule has 15 heavy (non-hydrogen) atoms. The van der Waals surface area contributed by atoms with Gasteiger partial charge in [0.1, 0.15) is 5.82 Å². The number of halogens is 1. The highest BCUT2D eigenvalue weighted by molar-refractivity contribution is 9.10. The third kappa shape index (κ3) is 2.33. The minimum atomic E-state index is 0.178. The zero-order chi connectivity index (χ0) is 10.7. The van der Waals surface area contributed by atoms with E-state index in [9.17, 15) is 0 Å². The van der Waals surface area contributed by atoms with E-state index in [1.807, 2.05) is 24.4 Å². The Morgan fingerprint density at radius 1 is 1.33 bits per heavy atom. The first-order chi connectivity index (χ1) is 7.31. The van der Waals surface area contributed by atoms with Gasteiger partial charge in [-0.3, -0.25) is 0 Å². The van der Waals surface area contributed by atoms with Crippen molar-refractivity contribution in [2.45, 2.75) is 12.8 Å². The molecule has 1 N–H and O–H groups in total. The third-order valence-corrected chi connectivity index (χ3v) is 2.81. The van der Waals surface area contributed by atoms with Gasteiger partial charge in [-0.1, -0.05) is 12.1 Å². The molecule has 1 aromatic heterocycles. The molecule has 1 heterocycles. The van der Waals surface area contributed by atoms with Gasteiger partial charge in [-0.2, -0.15) is 0 Å². The topological polar surface area (TPSA) is 46.0 Å². The SMILES string of the molecule is OCCCc1ncc2cccc(Br)c2n1. The summed E-state index contributed by atoms with van der Waals surface area (Å²) in [7, 11) is 0. The molecule has 0 aliphatic carbocycles. The second-order valence-electron chi connectivity index (χ2n) is 3.29. The molecule has 0 unspecified atom stereocenters. The molecule has 0 saturated heterocycles. The number of aromatic nitrogens is 2. The predicted molar refractivity (Wildman–Crippen MR) is 62.6 cm³/mol. The van der Waals surface area contributed by atoms with Gasteiger partial charge in [-0.05, 0) is 28.4 Å². The number of nitrogens with zero attached hydrogens (tertiary/aromatic N) is 2. The lowest BCUT2D eigenvalue weighted by molar-refractivity contribution is 0.287. The van der Waals surface area contributed by atoms with E-state index in [2.05, 4.69) is 25.9 Å². The Hall–Kier alpha value is -1.00. The Balaban J connectivity index is 2.41. The van der Waals surface area contributed by atoms with Gasteiger partial charge in [0.2, 0.25) is 0 Å².